The summed E-state index contributed by atoms with van der Waals surface area (Å²) >= 11 is 0. The number of carbonyl (C=O) groups is 4. The van der Waals surface area contributed by atoms with Gasteiger partial charge in [-0.2, -0.15) is 5.10 Å². The normalized spacial score (nSPS) is 18.3. The van der Waals surface area contributed by atoms with E-state index in [0.29, 0.717) is 56.0 Å². The van der Waals surface area contributed by atoms with Crippen LogP contribution in [0.25, 0.3) is 0 Å². The molecule has 3 amide bonds. The van der Waals surface area contributed by atoms with Gasteiger partial charge in [0.2, 0.25) is 11.8 Å². The van der Waals surface area contributed by atoms with Crippen LogP contribution in [0.2, 0.25) is 0 Å². The minimum Gasteiger partial charge on any atom is -0.497 e. The van der Waals surface area contributed by atoms with Crippen LogP contribution in [0.1, 0.15) is 35.9 Å². The number of carboxylic acid groups (broad SMARTS) is 1. The van der Waals surface area contributed by atoms with Gasteiger partial charge in [0.1, 0.15) is 30.3 Å². The number of aliphatic carboxylic acids is 1. The Morgan fingerprint density at radius 2 is 2.00 bits per heavy atom. The first-order valence-corrected chi connectivity index (χ1v) is 12.0. The highest BCUT2D eigenvalue weighted by atomic mass is 16.5. The van der Waals surface area contributed by atoms with Gasteiger partial charge < -0.3 is 30.1 Å². The maximum Gasteiger partial charge on any atom is 0.300 e. The summed E-state index contributed by atoms with van der Waals surface area (Å²) in [6, 6.07) is 4.98. The molecule has 4 rings (SSSR count). The molecule has 1 aromatic heterocycles. The van der Waals surface area contributed by atoms with Crippen molar-refractivity contribution in [3.05, 3.63) is 35.9 Å². The Kier molecular flexibility index (Phi) is 9.81. The summed E-state index contributed by atoms with van der Waals surface area (Å²) in [5, 5.41) is 17.3. The number of ether oxygens (including phenoxy) is 2. The molecule has 1 atom stereocenters. The molecule has 0 fully saturated rings. The van der Waals surface area contributed by atoms with E-state index in [-0.39, 0.29) is 43.3 Å². The van der Waals surface area contributed by atoms with Gasteiger partial charge in [-0.3, -0.25) is 19.2 Å². The highest BCUT2D eigenvalue weighted by molar-refractivity contribution is 5.97. The second-order valence-corrected chi connectivity index (χ2v) is 8.54. The topological polar surface area (TPSA) is 165 Å². The summed E-state index contributed by atoms with van der Waals surface area (Å²) in [4.78, 5) is 53.2. The molecule has 13 nitrogen and oxygen atoms in total. The van der Waals surface area contributed by atoms with Crippen molar-refractivity contribution in [1.29, 1.82) is 0 Å². The van der Waals surface area contributed by atoms with Crippen LogP contribution in [0.5, 0.6) is 11.5 Å². The van der Waals surface area contributed by atoms with E-state index < -0.39 is 5.97 Å². The van der Waals surface area contributed by atoms with Crippen LogP contribution in [-0.2, 0) is 27.3 Å². The van der Waals surface area contributed by atoms with Crippen LogP contribution in [0, 0.1) is 5.92 Å². The molecule has 200 valence electrons. The van der Waals surface area contributed by atoms with Crippen molar-refractivity contribution >= 4 is 23.7 Å². The van der Waals surface area contributed by atoms with E-state index in [1.54, 1.807) is 27.8 Å². The number of aryl methyl sites for hydroxylation is 1. The van der Waals surface area contributed by atoms with Gasteiger partial charge in [-0.1, -0.05) is 0 Å². The van der Waals surface area contributed by atoms with Crippen LogP contribution in [0.3, 0.4) is 0 Å². The first-order chi connectivity index (χ1) is 17.8. The van der Waals surface area contributed by atoms with Crippen molar-refractivity contribution in [2.24, 2.45) is 5.92 Å². The number of fused-ring (bicyclic) bond motifs is 2. The van der Waals surface area contributed by atoms with Crippen molar-refractivity contribution in [1.82, 2.24) is 30.3 Å². The molecule has 3 heterocycles. The Hall–Kier alpha value is -4.16. The van der Waals surface area contributed by atoms with Crippen molar-refractivity contribution < 1.29 is 33.8 Å². The van der Waals surface area contributed by atoms with Gasteiger partial charge in [0.15, 0.2) is 0 Å². The zero-order chi connectivity index (χ0) is 26.8. The molecule has 37 heavy (non-hydrogen) atoms. The number of amides is 3. The molecule has 13 heteroatoms. The number of methoxy groups -OCH3 is 1. The van der Waals surface area contributed by atoms with Crippen molar-refractivity contribution in [3.63, 3.8) is 0 Å². The second kappa shape index (κ2) is 13.2. The Bertz CT molecular complexity index is 1110. The zero-order valence-corrected chi connectivity index (χ0v) is 20.9. The van der Waals surface area contributed by atoms with Gasteiger partial charge in [0, 0.05) is 32.5 Å². The van der Waals surface area contributed by atoms with Gasteiger partial charge in [0.05, 0.1) is 38.2 Å². The van der Waals surface area contributed by atoms with Gasteiger partial charge in [-0.05, 0) is 25.0 Å². The van der Waals surface area contributed by atoms with Gasteiger partial charge >= 0.3 is 0 Å². The molecule has 0 saturated carbocycles. The molecule has 0 radical (unpaired) electrons. The molecule has 2 aliphatic rings. The van der Waals surface area contributed by atoms with Gasteiger partial charge in [-0.15, -0.1) is 0 Å². The number of carboxylic acids is 1. The number of hydrogen-bond acceptors (Lipinski definition) is 8. The number of nitrogens with zero attached hydrogens (tertiary/aromatic N) is 4. The molecule has 1 aromatic carbocycles. The van der Waals surface area contributed by atoms with Crippen molar-refractivity contribution in [2.45, 2.75) is 32.7 Å². The Balaban J connectivity index is 0.000000886. The summed E-state index contributed by atoms with van der Waals surface area (Å²) in [5.74, 6) is 0.137. The molecular formula is C24H32N6O7. The number of hydrogen-bond donors (Lipinski definition) is 3. The van der Waals surface area contributed by atoms with E-state index in [1.807, 2.05) is 0 Å². The summed E-state index contributed by atoms with van der Waals surface area (Å²) < 4.78 is 12.7. The third-order valence-corrected chi connectivity index (χ3v) is 5.81. The second-order valence-electron chi connectivity index (χ2n) is 8.54. The highest BCUT2D eigenvalue weighted by Crippen LogP contribution is 2.25. The summed E-state index contributed by atoms with van der Waals surface area (Å²) in [5.41, 5.74) is 0.387. The fraction of sp³-hybridized carbons (Fsp3) is 0.500. The third-order valence-electron chi connectivity index (χ3n) is 5.81. The van der Waals surface area contributed by atoms with Crippen LogP contribution in [-0.4, -0.2) is 88.4 Å². The average Bonchev–Trinajstić information content (AvgIpc) is 3.35. The fourth-order valence-electron chi connectivity index (χ4n) is 4.05. The monoisotopic (exact) mass is 516 g/mol. The molecule has 2 aliphatic heterocycles. The lowest BCUT2D eigenvalue weighted by Crippen LogP contribution is -2.46. The predicted octanol–water partition coefficient (Wildman–Crippen LogP) is 0.0973. The number of rotatable bonds is 2. The van der Waals surface area contributed by atoms with E-state index in [4.69, 9.17) is 19.4 Å². The summed E-state index contributed by atoms with van der Waals surface area (Å²) in [6.07, 6.45) is 3.35. The molecular weight excluding hydrogens is 484 g/mol. The Morgan fingerprint density at radius 3 is 2.76 bits per heavy atom. The maximum atomic E-state index is 13.2. The van der Waals surface area contributed by atoms with E-state index >= 15 is 0 Å². The summed E-state index contributed by atoms with van der Waals surface area (Å²) in [6.45, 7) is 2.62. The largest absolute Gasteiger partial charge is 0.497 e. The van der Waals surface area contributed by atoms with Crippen LogP contribution >= 0.6 is 0 Å². The molecule has 1 unspecified atom stereocenters. The summed E-state index contributed by atoms with van der Waals surface area (Å²) in [7, 11) is 1.54. The van der Waals surface area contributed by atoms with E-state index in [0.717, 1.165) is 12.7 Å². The number of benzene rings is 1. The number of nitrogens with one attached hydrogen (secondary N) is 2. The lowest BCUT2D eigenvalue weighted by molar-refractivity contribution is -0.140. The molecule has 0 spiro atoms. The quantitative estimate of drug-likeness (QED) is 0.502. The SMILES string of the molecule is CC(=O)O.COc1ccc2c(c1)OCCNC(=O)CN(C(=O)C1CCc3ncnn3C1)CCCNC2=O. The molecule has 2 aromatic rings. The fourth-order valence-corrected chi connectivity index (χ4v) is 4.05. The zero-order valence-electron chi connectivity index (χ0n) is 20.9. The number of aromatic nitrogens is 3. The van der Waals surface area contributed by atoms with E-state index in [1.165, 1.54) is 13.4 Å². The standard InChI is InChI=1S/C22H28N6O5.C2H4O2/c1-32-16-4-5-17-18(11-16)33-10-8-23-20(29)13-27(9-2-7-24-21(17)30)22(31)15-3-6-19-25-14-26-28(19)12-15;1-2(3)4/h4-5,11,14-15H,2-3,6-10,12-13H2,1H3,(H,23,29)(H,24,30);1H3,(H,3,4). The van der Waals surface area contributed by atoms with Crippen LogP contribution < -0.4 is 20.1 Å². The first-order valence-electron chi connectivity index (χ1n) is 12.0. The van der Waals surface area contributed by atoms with Crippen LogP contribution in [0.4, 0.5) is 0 Å². The van der Waals surface area contributed by atoms with Crippen molar-refractivity contribution in [3.8, 4) is 11.5 Å². The third kappa shape index (κ3) is 7.92. The number of carbonyl (C=O) groups excluding carboxylic acids is 3. The Labute approximate surface area is 214 Å². The lowest BCUT2D eigenvalue weighted by Gasteiger charge is -2.29. The predicted molar refractivity (Wildman–Crippen MR) is 130 cm³/mol. The molecule has 0 saturated heterocycles. The smallest absolute Gasteiger partial charge is 0.300 e. The van der Waals surface area contributed by atoms with Crippen molar-refractivity contribution in [2.75, 3.05) is 39.9 Å². The molecule has 3 N–H and O–H groups in total. The van der Waals surface area contributed by atoms with Gasteiger partial charge in [0.25, 0.3) is 11.9 Å². The maximum absolute atomic E-state index is 13.2. The minimum atomic E-state index is -0.833. The van der Waals surface area contributed by atoms with E-state index in [2.05, 4.69) is 20.7 Å². The first kappa shape index (κ1) is 27.4. The lowest BCUT2D eigenvalue weighted by atomic mass is 9.98. The average molecular weight is 517 g/mol. The highest BCUT2D eigenvalue weighted by Gasteiger charge is 2.30. The van der Waals surface area contributed by atoms with E-state index in [9.17, 15) is 14.4 Å². The Morgan fingerprint density at radius 1 is 1.22 bits per heavy atom. The van der Waals surface area contributed by atoms with Crippen LogP contribution in [0.15, 0.2) is 24.5 Å². The molecule has 0 bridgehead atoms. The minimum absolute atomic E-state index is 0.0437. The molecule has 0 aliphatic carbocycles. The van der Waals surface area contributed by atoms with Gasteiger partial charge in [-0.25, -0.2) is 9.67 Å².